The van der Waals surface area contributed by atoms with Gasteiger partial charge in [0.05, 0.1) is 20.7 Å². The maximum Gasteiger partial charge on any atom is 0.131 e. The first kappa shape index (κ1) is 14.3. The van der Waals surface area contributed by atoms with Crippen LogP contribution in [0.5, 0.6) is 5.75 Å². The smallest absolute Gasteiger partial charge is 0.131 e. The van der Waals surface area contributed by atoms with Crippen molar-refractivity contribution in [3.63, 3.8) is 0 Å². The van der Waals surface area contributed by atoms with Crippen LogP contribution in [0.1, 0.15) is 15.3 Å². The molecular formula is C12H8Br2ClFOS. The lowest BCUT2D eigenvalue weighted by Crippen LogP contribution is -1.98. The molecule has 1 nitrogen and oxygen atoms in total. The minimum Gasteiger partial charge on any atom is -0.496 e. The van der Waals surface area contributed by atoms with Gasteiger partial charge in [-0.3, -0.25) is 0 Å². The average Bonchev–Trinajstić information content (AvgIpc) is 2.68. The van der Waals surface area contributed by atoms with Gasteiger partial charge in [-0.15, -0.1) is 11.3 Å². The molecule has 0 fully saturated rings. The minimum atomic E-state index is -0.308. The fourth-order valence-electron chi connectivity index (χ4n) is 1.57. The van der Waals surface area contributed by atoms with E-state index in [1.807, 2.05) is 6.07 Å². The molecule has 0 amide bonds. The third-order valence-corrected chi connectivity index (χ3v) is 6.19. The summed E-state index contributed by atoms with van der Waals surface area (Å²) in [4.78, 5) is 0.623. The van der Waals surface area contributed by atoms with E-state index in [2.05, 4.69) is 31.9 Å². The Morgan fingerprint density at radius 1 is 1.44 bits per heavy atom. The molecule has 96 valence electrons. The number of thiophene rings is 1. The predicted molar refractivity (Wildman–Crippen MR) is 80.8 cm³/mol. The lowest BCUT2D eigenvalue weighted by Gasteiger charge is -2.13. The maximum atomic E-state index is 13.9. The highest BCUT2D eigenvalue weighted by molar-refractivity contribution is 9.11. The summed E-state index contributed by atoms with van der Waals surface area (Å²) in [5, 5.41) is 0.620. The molecule has 6 heteroatoms. The fourth-order valence-corrected chi connectivity index (χ4v) is 4.16. The lowest BCUT2D eigenvalue weighted by atomic mass is 10.1. The molecule has 0 spiro atoms. The van der Waals surface area contributed by atoms with Crippen LogP contribution in [0.15, 0.2) is 28.1 Å². The van der Waals surface area contributed by atoms with E-state index in [0.29, 0.717) is 16.3 Å². The quantitative estimate of drug-likeness (QED) is 0.577. The van der Waals surface area contributed by atoms with Crippen LogP contribution in [-0.4, -0.2) is 7.11 Å². The van der Waals surface area contributed by atoms with Crippen molar-refractivity contribution >= 4 is 54.8 Å². The van der Waals surface area contributed by atoms with Gasteiger partial charge in [0.15, 0.2) is 0 Å². The van der Waals surface area contributed by atoms with Crippen molar-refractivity contribution in [2.45, 2.75) is 4.83 Å². The van der Waals surface area contributed by atoms with Gasteiger partial charge in [-0.25, -0.2) is 4.39 Å². The van der Waals surface area contributed by atoms with Crippen LogP contribution in [-0.2, 0) is 0 Å². The van der Waals surface area contributed by atoms with Crippen molar-refractivity contribution in [2.75, 3.05) is 7.11 Å². The van der Waals surface area contributed by atoms with E-state index in [1.54, 1.807) is 12.1 Å². The van der Waals surface area contributed by atoms with E-state index in [9.17, 15) is 4.39 Å². The van der Waals surface area contributed by atoms with E-state index in [-0.39, 0.29) is 10.6 Å². The molecule has 2 aromatic rings. The van der Waals surface area contributed by atoms with E-state index in [1.165, 1.54) is 24.5 Å². The van der Waals surface area contributed by atoms with Gasteiger partial charge in [-0.1, -0.05) is 33.6 Å². The van der Waals surface area contributed by atoms with Crippen molar-refractivity contribution in [1.82, 2.24) is 0 Å². The Bertz CT molecular complexity index is 554. The second kappa shape index (κ2) is 5.90. The number of ether oxygens (including phenoxy) is 1. The van der Waals surface area contributed by atoms with Crippen molar-refractivity contribution < 1.29 is 9.13 Å². The highest BCUT2D eigenvalue weighted by atomic mass is 79.9. The third-order valence-electron chi connectivity index (χ3n) is 2.40. The molecule has 0 bridgehead atoms. The SMILES string of the molecule is COc1cccc(F)c1C(Br)c1cc(Cl)c(Br)s1. The van der Waals surface area contributed by atoms with Gasteiger partial charge < -0.3 is 4.74 Å². The number of halogens is 4. The first-order valence-corrected chi connectivity index (χ1v) is 7.86. The zero-order valence-electron chi connectivity index (χ0n) is 9.22. The highest BCUT2D eigenvalue weighted by Gasteiger charge is 2.22. The summed E-state index contributed by atoms with van der Waals surface area (Å²) in [7, 11) is 1.52. The van der Waals surface area contributed by atoms with Gasteiger partial charge in [0.2, 0.25) is 0 Å². The molecule has 2 rings (SSSR count). The normalized spacial score (nSPS) is 12.5. The number of hydrogen-bond acceptors (Lipinski definition) is 2. The van der Waals surface area contributed by atoms with Gasteiger partial charge in [0.25, 0.3) is 0 Å². The monoisotopic (exact) mass is 412 g/mol. The zero-order valence-corrected chi connectivity index (χ0v) is 14.0. The Balaban J connectivity index is 2.48. The Kier molecular flexibility index (Phi) is 4.69. The summed E-state index contributed by atoms with van der Waals surface area (Å²) in [6.07, 6.45) is 0. The Hall–Kier alpha value is -0.100. The Labute approximate surface area is 130 Å². The zero-order chi connectivity index (χ0) is 13.3. The molecule has 0 saturated carbocycles. The largest absolute Gasteiger partial charge is 0.496 e. The average molecular weight is 415 g/mol. The predicted octanol–water partition coefficient (Wildman–Crippen LogP) is 5.80. The van der Waals surface area contributed by atoms with Crippen molar-refractivity contribution in [3.8, 4) is 5.75 Å². The minimum absolute atomic E-state index is 0.289. The number of benzene rings is 1. The van der Waals surface area contributed by atoms with Gasteiger partial charge in [0, 0.05) is 10.4 Å². The van der Waals surface area contributed by atoms with Crippen LogP contribution < -0.4 is 4.74 Å². The van der Waals surface area contributed by atoms with Crippen LogP contribution in [0.2, 0.25) is 5.02 Å². The number of rotatable bonds is 3. The lowest BCUT2D eigenvalue weighted by molar-refractivity contribution is 0.405. The summed E-state index contributed by atoms with van der Waals surface area (Å²) in [5.41, 5.74) is 0.477. The molecule has 0 radical (unpaired) electrons. The molecule has 0 aliphatic carbocycles. The first-order valence-electron chi connectivity index (χ1n) is 4.95. The first-order chi connectivity index (χ1) is 8.54. The second-order valence-electron chi connectivity index (χ2n) is 3.49. The molecule has 0 aliphatic rings. The second-order valence-corrected chi connectivity index (χ2v) is 7.21. The standard InChI is InChI=1S/C12H8Br2ClFOS/c1-17-8-4-2-3-7(16)10(8)11(13)9-5-6(15)12(14)18-9/h2-5,11H,1H3. The molecule has 0 N–H and O–H groups in total. The summed E-state index contributed by atoms with van der Waals surface area (Å²) in [6, 6.07) is 6.57. The summed E-state index contributed by atoms with van der Waals surface area (Å²) < 4.78 is 20.0. The van der Waals surface area contributed by atoms with Gasteiger partial charge >= 0.3 is 0 Å². The molecule has 0 aliphatic heterocycles. The van der Waals surface area contributed by atoms with Crippen LogP contribution in [0.3, 0.4) is 0 Å². The third kappa shape index (κ3) is 2.74. The van der Waals surface area contributed by atoms with Crippen LogP contribution in [0.25, 0.3) is 0 Å². The van der Waals surface area contributed by atoms with Crippen molar-refractivity contribution in [2.24, 2.45) is 0 Å². The van der Waals surface area contributed by atoms with Gasteiger partial charge in [0.1, 0.15) is 11.6 Å². The van der Waals surface area contributed by atoms with Crippen molar-refractivity contribution in [1.29, 1.82) is 0 Å². The van der Waals surface area contributed by atoms with E-state index in [0.717, 1.165) is 8.66 Å². The molecule has 0 saturated heterocycles. The van der Waals surface area contributed by atoms with E-state index < -0.39 is 0 Å². The maximum absolute atomic E-state index is 13.9. The van der Waals surface area contributed by atoms with Gasteiger partial charge in [-0.2, -0.15) is 0 Å². The summed E-state index contributed by atoms with van der Waals surface area (Å²) in [5.74, 6) is 0.203. The molecule has 18 heavy (non-hydrogen) atoms. The van der Waals surface area contributed by atoms with Crippen LogP contribution in [0.4, 0.5) is 4.39 Å². The van der Waals surface area contributed by atoms with Crippen LogP contribution >= 0.6 is 54.8 Å². The molecule has 1 atom stereocenters. The highest BCUT2D eigenvalue weighted by Crippen LogP contribution is 2.44. The molecule has 1 aromatic carbocycles. The summed E-state index contributed by atoms with van der Waals surface area (Å²) in [6.45, 7) is 0. The number of hydrogen-bond donors (Lipinski definition) is 0. The van der Waals surface area contributed by atoms with Gasteiger partial charge in [-0.05, 0) is 34.1 Å². The topological polar surface area (TPSA) is 9.23 Å². The molecular weight excluding hydrogens is 406 g/mol. The van der Waals surface area contributed by atoms with E-state index >= 15 is 0 Å². The molecule has 1 heterocycles. The van der Waals surface area contributed by atoms with Crippen molar-refractivity contribution in [3.05, 3.63) is 49.3 Å². The van der Waals surface area contributed by atoms with Crippen LogP contribution in [0, 0.1) is 5.82 Å². The van der Waals surface area contributed by atoms with E-state index in [4.69, 9.17) is 16.3 Å². The molecule has 1 aromatic heterocycles. The Morgan fingerprint density at radius 3 is 2.72 bits per heavy atom. The summed E-state index contributed by atoms with van der Waals surface area (Å²) >= 11 is 14.3. The number of alkyl halides is 1. The Morgan fingerprint density at radius 2 is 2.17 bits per heavy atom. The number of methoxy groups -OCH3 is 1. The molecule has 1 unspecified atom stereocenters. The fraction of sp³-hybridized carbons (Fsp3) is 0.167.